The van der Waals surface area contributed by atoms with Gasteiger partial charge in [-0.2, -0.15) is 24.5 Å². The predicted octanol–water partition coefficient (Wildman–Crippen LogP) is 4.77. The monoisotopic (exact) mass is 291 g/mol. The lowest BCUT2D eigenvalue weighted by Crippen LogP contribution is -2.40. The molecule has 2 rings (SSSR count). The first kappa shape index (κ1) is 14.9. The Hall–Kier alpha value is -0.550. The number of rotatable bonds is 4. The van der Waals surface area contributed by atoms with Crippen LogP contribution in [0.4, 0.5) is 13.2 Å². The fourth-order valence-electron chi connectivity index (χ4n) is 3.15. The van der Waals surface area contributed by atoms with Crippen molar-refractivity contribution in [3.8, 4) is 0 Å². The molecule has 19 heavy (non-hydrogen) atoms. The van der Waals surface area contributed by atoms with E-state index in [2.05, 4.69) is 5.32 Å². The molecule has 1 aromatic heterocycles. The average molecular weight is 291 g/mol. The molecule has 1 nitrogen and oxygen atoms in total. The number of halogens is 3. The highest BCUT2D eigenvalue weighted by atomic mass is 32.1. The van der Waals surface area contributed by atoms with Crippen molar-refractivity contribution in [2.24, 2.45) is 11.8 Å². The van der Waals surface area contributed by atoms with Crippen LogP contribution in [0.25, 0.3) is 0 Å². The molecule has 108 valence electrons. The molecule has 0 aliphatic heterocycles. The van der Waals surface area contributed by atoms with Crippen LogP contribution >= 0.6 is 11.3 Å². The van der Waals surface area contributed by atoms with Gasteiger partial charge in [0.25, 0.3) is 0 Å². The molecule has 0 aromatic carbocycles. The molecular formula is C14H20F3NS. The van der Waals surface area contributed by atoms with E-state index in [-0.39, 0.29) is 18.4 Å². The van der Waals surface area contributed by atoms with E-state index in [1.54, 1.807) is 11.3 Å². The second-order valence-corrected chi connectivity index (χ2v) is 5.97. The van der Waals surface area contributed by atoms with Gasteiger partial charge in [0, 0.05) is 6.04 Å². The highest BCUT2D eigenvalue weighted by Gasteiger charge is 2.47. The van der Waals surface area contributed by atoms with E-state index in [1.165, 1.54) is 0 Å². The first-order valence-electron chi connectivity index (χ1n) is 6.86. The molecule has 1 saturated carbocycles. The van der Waals surface area contributed by atoms with Crippen molar-refractivity contribution in [1.29, 1.82) is 0 Å². The highest BCUT2D eigenvalue weighted by Crippen LogP contribution is 2.46. The maximum absolute atomic E-state index is 13.2. The lowest BCUT2D eigenvalue weighted by molar-refractivity contribution is -0.199. The molecule has 0 radical (unpaired) electrons. The van der Waals surface area contributed by atoms with E-state index >= 15 is 0 Å². The fraction of sp³-hybridized carbons (Fsp3) is 0.714. The van der Waals surface area contributed by atoms with Gasteiger partial charge in [-0.3, -0.25) is 0 Å². The van der Waals surface area contributed by atoms with Crippen LogP contribution < -0.4 is 5.32 Å². The lowest BCUT2D eigenvalue weighted by Gasteiger charge is -2.38. The Kier molecular flexibility index (Phi) is 4.90. The molecule has 1 aliphatic rings. The summed E-state index contributed by atoms with van der Waals surface area (Å²) in [6.07, 6.45) is -1.53. The summed E-state index contributed by atoms with van der Waals surface area (Å²) in [6.45, 7) is 2.65. The number of nitrogens with one attached hydrogen (secondary N) is 1. The molecule has 3 atom stereocenters. The summed E-state index contributed by atoms with van der Waals surface area (Å²) in [5.74, 6) is -1.49. The molecule has 0 amide bonds. The molecule has 0 saturated heterocycles. The maximum Gasteiger partial charge on any atom is 0.392 e. The Morgan fingerprint density at radius 3 is 2.68 bits per heavy atom. The Labute approximate surface area is 116 Å². The van der Waals surface area contributed by atoms with Crippen LogP contribution in [0.1, 0.15) is 44.2 Å². The number of alkyl halides is 3. The SMILES string of the molecule is CCNC(c1ccsc1)C1CCCCC1C(F)(F)F. The Morgan fingerprint density at radius 2 is 2.11 bits per heavy atom. The number of hydrogen-bond donors (Lipinski definition) is 1. The van der Waals surface area contributed by atoms with Gasteiger partial charge in [0.15, 0.2) is 0 Å². The zero-order valence-corrected chi connectivity index (χ0v) is 11.9. The smallest absolute Gasteiger partial charge is 0.310 e. The molecule has 1 fully saturated rings. The minimum absolute atomic E-state index is 0.164. The summed E-state index contributed by atoms with van der Waals surface area (Å²) in [7, 11) is 0. The van der Waals surface area contributed by atoms with Crippen molar-refractivity contribution < 1.29 is 13.2 Å². The van der Waals surface area contributed by atoms with Gasteiger partial charge in [0.2, 0.25) is 0 Å². The molecule has 3 unspecified atom stereocenters. The minimum atomic E-state index is -4.07. The van der Waals surface area contributed by atoms with Gasteiger partial charge in [0.05, 0.1) is 5.92 Å². The number of hydrogen-bond acceptors (Lipinski definition) is 2. The van der Waals surface area contributed by atoms with Crippen LogP contribution in [-0.4, -0.2) is 12.7 Å². The third-order valence-electron chi connectivity index (χ3n) is 3.99. The molecular weight excluding hydrogens is 271 g/mol. The van der Waals surface area contributed by atoms with Gasteiger partial charge in [0.1, 0.15) is 0 Å². The van der Waals surface area contributed by atoms with Crippen LogP contribution in [0, 0.1) is 11.8 Å². The predicted molar refractivity (Wildman–Crippen MR) is 72.2 cm³/mol. The number of thiophene rings is 1. The standard InChI is InChI=1S/C14H20F3NS/c1-2-18-13(10-7-8-19-9-10)11-5-3-4-6-12(11)14(15,16)17/h7-9,11-13,18H,2-6H2,1H3. The van der Waals surface area contributed by atoms with Crippen molar-refractivity contribution in [3.05, 3.63) is 22.4 Å². The van der Waals surface area contributed by atoms with Crippen LogP contribution in [-0.2, 0) is 0 Å². The molecule has 0 spiro atoms. The van der Waals surface area contributed by atoms with Crippen LogP contribution in [0.5, 0.6) is 0 Å². The average Bonchev–Trinajstić information content (AvgIpc) is 2.88. The normalized spacial score (nSPS) is 26.3. The summed E-state index contributed by atoms with van der Waals surface area (Å²) < 4.78 is 39.6. The first-order valence-corrected chi connectivity index (χ1v) is 7.80. The largest absolute Gasteiger partial charge is 0.392 e. The summed E-state index contributed by atoms with van der Waals surface area (Å²) in [5.41, 5.74) is 1.01. The summed E-state index contributed by atoms with van der Waals surface area (Å²) in [6, 6.07) is 1.78. The zero-order chi connectivity index (χ0) is 13.9. The maximum atomic E-state index is 13.2. The molecule has 1 aliphatic carbocycles. The second-order valence-electron chi connectivity index (χ2n) is 5.19. The van der Waals surface area contributed by atoms with Gasteiger partial charge in [-0.1, -0.05) is 19.8 Å². The third-order valence-corrected chi connectivity index (χ3v) is 4.70. The summed E-state index contributed by atoms with van der Waals surface area (Å²) >= 11 is 1.55. The first-order chi connectivity index (χ1) is 9.04. The third kappa shape index (κ3) is 3.51. The van der Waals surface area contributed by atoms with Crippen LogP contribution in [0.3, 0.4) is 0 Å². The van der Waals surface area contributed by atoms with Crippen LogP contribution in [0.2, 0.25) is 0 Å². The van der Waals surface area contributed by atoms with Gasteiger partial charge in [-0.05, 0) is 47.7 Å². The summed E-state index contributed by atoms with van der Waals surface area (Å²) in [5, 5.41) is 7.17. The summed E-state index contributed by atoms with van der Waals surface area (Å²) in [4.78, 5) is 0. The van der Waals surface area contributed by atoms with Crippen molar-refractivity contribution in [2.45, 2.75) is 44.8 Å². The Balaban J connectivity index is 2.23. The highest BCUT2D eigenvalue weighted by molar-refractivity contribution is 7.07. The van der Waals surface area contributed by atoms with Gasteiger partial charge < -0.3 is 5.32 Å². The van der Waals surface area contributed by atoms with Gasteiger partial charge in [-0.15, -0.1) is 0 Å². The van der Waals surface area contributed by atoms with Crippen molar-refractivity contribution >= 4 is 11.3 Å². The molecule has 1 N–H and O–H groups in total. The van der Waals surface area contributed by atoms with E-state index in [0.717, 1.165) is 12.0 Å². The minimum Gasteiger partial charge on any atom is -0.310 e. The fourth-order valence-corrected chi connectivity index (χ4v) is 3.85. The zero-order valence-electron chi connectivity index (χ0n) is 11.0. The molecule has 1 aromatic rings. The van der Waals surface area contributed by atoms with E-state index in [9.17, 15) is 13.2 Å². The Bertz CT molecular complexity index is 375. The van der Waals surface area contributed by atoms with Crippen LogP contribution in [0.15, 0.2) is 16.8 Å². The van der Waals surface area contributed by atoms with Crippen molar-refractivity contribution in [2.75, 3.05) is 6.54 Å². The Morgan fingerprint density at radius 1 is 1.37 bits per heavy atom. The second kappa shape index (κ2) is 6.27. The van der Waals surface area contributed by atoms with Crippen molar-refractivity contribution in [1.82, 2.24) is 5.32 Å². The quantitative estimate of drug-likeness (QED) is 0.842. The van der Waals surface area contributed by atoms with E-state index in [0.29, 0.717) is 19.4 Å². The molecule has 1 heterocycles. The van der Waals surface area contributed by atoms with Gasteiger partial charge >= 0.3 is 6.18 Å². The van der Waals surface area contributed by atoms with E-state index < -0.39 is 12.1 Å². The lowest BCUT2D eigenvalue weighted by atomic mass is 9.73. The topological polar surface area (TPSA) is 12.0 Å². The molecule has 0 bridgehead atoms. The van der Waals surface area contributed by atoms with Gasteiger partial charge in [-0.25, -0.2) is 0 Å². The van der Waals surface area contributed by atoms with E-state index in [4.69, 9.17) is 0 Å². The molecule has 5 heteroatoms. The van der Waals surface area contributed by atoms with Crippen molar-refractivity contribution in [3.63, 3.8) is 0 Å². The van der Waals surface area contributed by atoms with E-state index in [1.807, 2.05) is 23.8 Å².